The number of methoxy groups -OCH3 is 1. The molecule has 0 saturated heterocycles. The molecule has 0 amide bonds. The molecule has 0 aromatic carbocycles. The molecule has 9 heteroatoms. The topological polar surface area (TPSA) is 69.4 Å². The third-order valence-corrected chi connectivity index (χ3v) is 1.98. The van der Waals surface area contributed by atoms with Crippen LogP contribution < -0.4 is 0 Å². The first-order valence-electron chi connectivity index (χ1n) is 4.60. The van der Waals surface area contributed by atoms with Crippen LogP contribution in [0.5, 0.6) is 0 Å². The van der Waals surface area contributed by atoms with Gasteiger partial charge in [0.15, 0.2) is 16.3 Å². The van der Waals surface area contributed by atoms with Crippen LogP contribution in [0.25, 0.3) is 0 Å². The molecular formula is C8H16F3NO4S. The zero-order valence-electron chi connectivity index (χ0n) is 9.82. The van der Waals surface area contributed by atoms with Crippen LogP contribution in [0, 0.1) is 0 Å². The smallest absolute Gasteiger partial charge is 0.485 e. The van der Waals surface area contributed by atoms with Crippen molar-refractivity contribution in [1.29, 1.82) is 0 Å². The summed E-state index contributed by atoms with van der Waals surface area (Å²) in [6.45, 7) is 4.00. The van der Waals surface area contributed by atoms with E-state index >= 15 is 0 Å². The predicted octanol–water partition coefficient (Wildman–Crippen LogP) is 0.807. The molecule has 0 aliphatic carbocycles. The van der Waals surface area contributed by atoms with Crippen LogP contribution in [0.3, 0.4) is 0 Å². The molecule has 0 rings (SSSR count). The first-order valence-corrected chi connectivity index (χ1v) is 6.01. The lowest BCUT2D eigenvalue weighted by Gasteiger charge is -2.08. The molecule has 0 N–H and O–H groups in total. The number of hydrogen-bond donors (Lipinski definition) is 0. The average Bonchev–Trinajstić information content (AvgIpc) is 2.13. The first-order chi connectivity index (χ1) is 7.56. The summed E-state index contributed by atoms with van der Waals surface area (Å²) >= 11 is 0. The van der Waals surface area contributed by atoms with Crippen molar-refractivity contribution < 1.29 is 35.5 Å². The van der Waals surface area contributed by atoms with Crippen molar-refractivity contribution in [1.82, 2.24) is 0 Å². The van der Waals surface area contributed by atoms with Crippen molar-refractivity contribution in [3.63, 3.8) is 0 Å². The maximum Gasteiger partial charge on any atom is 0.485 e. The van der Waals surface area contributed by atoms with Gasteiger partial charge >= 0.3 is 5.51 Å². The van der Waals surface area contributed by atoms with E-state index in [1.165, 1.54) is 6.42 Å². The fourth-order valence-corrected chi connectivity index (χ4v) is 0.646. The lowest BCUT2D eigenvalue weighted by atomic mass is 10.5. The maximum atomic E-state index is 10.7. The summed E-state index contributed by atoms with van der Waals surface area (Å²) in [7, 11) is -2.33. The lowest BCUT2D eigenvalue weighted by molar-refractivity contribution is -0.494. The molecule has 5 nitrogen and oxygen atoms in total. The van der Waals surface area contributed by atoms with E-state index in [-0.39, 0.29) is 0 Å². The number of nitrogens with zero attached hydrogens (tertiary/aromatic N) is 1. The molecule has 17 heavy (non-hydrogen) atoms. The van der Waals surface area contributed by atoms with Crippen molar-refractivity contribution in [3.8, 4) is 0 Å². The normalized spacial score (nSPS) is 13.0. The highest BCUT2D eigenvalue weighted by Gasteiger charge is 2.36. The van der Waals surface area contributed by atoms with Gasteiger partial charge < -0.3 is 9.29 Å². The van der Waals surface area contributed by atoms with E-state index in [0.717, 1.165) is 13.2 Å². The van der Waals surface area contributed by atoms with Gasteiger partial charge in [-0.2, -0.15) is 13.2 Å². The second-order valence-electron chi connectivity index (χ2n) is 3.02. The molecule has 0 spiro atoms. The Kier molecular flexibility index (Phi) is 9.26. The lowest BCUT2D eigenvalue weighted by Crippen LogP contribution is -2.21. The summed E-state index contributed by atoms with van der Waals surface area (Å²) in [5.41, 5.74) is -5.65. The Labute approximate surface area is 98.6 Å². The number of rotatable bonds is 4. The summed E-state index contributed by atoms with van der Waals surface area (Å²) in [4.78, 5) is 0. The molecule has 0 aromatic heterocycles. The molecule has 0 atom stereocenters. The highest BCUT2D eigenvalue weighted by Crippen LogP contribution is 2.20. The van der Waals surface area contributed by atoms with Gasteiger partial charge in [-0.3, -0.25) is 0 Å². The molecule has 0 fully saturated rings. The second-order valence-corrected chi connectivity index (χ2v) is 4.39. The first kappa shape index (κ1) is 18.7. The minimum Gasteiger partial charge on any atom is -0.741 e. The van der Waals surface area contributed by atoms with Crippen molar-refractivity contribution in [2.75, 3.05) is 27.3 Å². The van der Waals surface area contributed by atoms with Gasteiger partial charge in [0, 0.05) is 13.5 Å². The van der Waals surface area contributed by atoms with E-state index in [9.17, 15) is 13.2 Å². The van der Waals surface area contributed by atoms with Crippen LogP contribution in [0.4, 0.5) is 13.2 Å². The number of hydrogen-bond acceptors (Lipinski definition) is 4. The van der Waals surface area contributed by atoms with Crippen LogP contribution in [0.2, 0.25) is 0 Å². The molecule has 0 aliphatic heterocycles. The number of alkyl halides is 3. The third kappa shape index (κ3) is 11.6. The van der Waals surface area contributed by atoms with Gasteiger partial charge in [0.1, 0.15) is 20.2 Å². The molecular weight excluding hydrogens is 263 g/mol. The zero-order valence-corrected chi connectivity index (χ0v) is 10.6. The Morgan fingerprint density at radius 3 is 2.06 bits per heavy atom. The van der Waals surface area contributed by atoms with Gasteiger partial charge in [-0.25, -0.2) is 13.0 Å². The van der Waals surface area contributed by atoms with Crippen LogP contribution in [-0.2, 0) is 14.9 Å². The van der Waals surface area contributed by atoms with E-state index in [2.05, 4.69) is 18.5 Å². The number of halogens is 3. The van der Waals surface area contributed by atoms with Gasteiger partial charge in [0.2, 0.25) is 0 Å². The molecule has 104 valence electrons. The van der Waals surface area contributed by atoms with Gasteiger partial charge in [-0.05, 0) is 0 Å². The Morgan fingerprint density at radius 1 is 1.41 bits per heavy atom. The molecule has 0 bridgehead atoms. The summed E-state index contributed by atoms with van der Waals surface area (Å²) < 4.78 is 65.9. The minimum absolute atomic E-state index is 0.719. The third-order valence-electron chi connectivity index (χ3n) is 1.41. The number of ether oxygens (including phenoxy) is 1. The summed E-state index contributed by atoms with van der Waals surface area (Å²) in [6, 6.07) is 0. The average molecular weight is 279 g/mol. The van der Waals surface area contributed by atoms with E-state index < -0.39 is 15.6 Å². The van der Waals surface area contributed by atoms with Crippen LogP contribution in [0.1, 0.15) is 13.3 Å². The summed E-state index contributed by atoms with van der Waals surface area (Å²) in [6.07, 6.45) is 3.24. The quantitative estimate of drug-likeness (QED) is 0.330. The fraction of sp³-hybridized carbons (Fsp3) is 0.875. The Hall–Kier alpha value is -0.670. The summed E-state index contributed by atoms with van der Waals surface area (Å²) in [5.74, 6) is 0. The Balaban J connectivity index is 0. The minimum atomic E-state index is -6.09. The molecule has 0 radical (unpaired) electrons. The van der Waals surface area contributed by atoms with Crippen molar-refractivity contribution in [2.45, 2.75) is 18.9 Å². The summed E-state index contributed by atoms with van der Waals surface area (Å²) in [5, 5.41) is 0. The molecule has 0 heterocycles. The molecule has 0 aromatic rings. The van der Waals surface area contributed by atoms with Gasteiger partial charge in [-0.15, -0.1) is 0 Å². The highest BCUT2D eigenvalue weighted by molar-refractivity contribution is 7.86. The fourth-order valence-electron chi connectivity index (χ4n) is 0.646. The predicted molar refractivity (Wildman–Crippen MR) is 55.0 cm³/mol. The molecule has 0 unspecified atom stereocenters. The molecule has 0 saturated carbocycles. The highest BCUT2D eigenvalue weighted by atomic mass is 32.2. The van der Waals surface area contributed by atoms with E-state index in [0.29, 0.717) is 0 Å². The van der Waals surface area contributed by atoms with Crippen molar-refractivity contribution >= 4 is 16.3 Å². The van der Waals surface area contributed by atoms with Gasteiger partial charge in [0.05, 0.1) is 0 Å². The second kappa shape index (κ2) is 8.43. The van der Waals surface area contributed by atoms with E-state index in [1.54, 1.807) is 7.11 Å². The maximum absolute atomic E-state index is 10.7. The zero-order chi connectivity index (χ0) is 14.1. The Morgan fingerprint density at radius 2 is 1.82 bits per heavy atom. The van der Waals surface area contributed by atoms with Crippen molar-refractivity contribution in [3.05, 3.63) is 0 Å². The van der Waals surface area contributed by atoms with Gasteiger partial charge in [0.25, 0.3) is 0 Å². The van der Waals surface area contributed by atoms with Crippen LogP contribution in [-0.4, -0.2) is 56.6 Å². The van der Waals surface area contributed by atoms with E-state index in [1.807, 2.05) is 6.21 Å². The SMILES string of the molecule is CCC[N+](C)=CCOC.O=S(=O)([O-])C(F)(F)F. The van der Waals surface area contributed by atoms with Gasteiger partial charge in [-0.1, -0.05) is 6.92 Å². The van der Waals surface area contributed by atoms with E-state index in [4.69, 9.17) is 17.7 Å². The van der Waals surface area contributed by atoms with Crippen molar-refractivity contribution in [2.24, 2.45) is 0 Å². The largest absolute Gasteiger partial charge is 0.741 e. The molecule has 0 aliphatic rings. The standard InChI is InChI=1S/C7H16NO.CHF3O3S/c1-4-5-8(2)6-7-9-3;2-1(3,4)8(5,6)7/h6H,4-5,7H2,1-3H3;(H,5,6,7)/q+1;/p-1. The van der Waals surface area contributed by atoms with Crippen LogP contribution in [0.15, 0.2) is 0 Å². The van der Waals surface area contributed by atoms with Crippen LogP contribution >= 0.6 is 0 Å². The monoisotopic (exact) mass is 279 g/mol. The Bertz CT molecular complexity index is 324.